The lowest BCUT2D eigenvalue weighted by Crippen LogP contribution is -2.37. The predicted octanol–water partition coefficient (Wildman–Crippen LogP) is 0.0278. The van der Waals surface area contributed by atoms with Crippen molar-refractivity contribution in [1.82, 2.24) is 20.2 Å². The van der Waals surface area contributed by atoms with E-state index in [9.17, 15) is 9.59 Å². The molecule has 0 unspecified atom stereocenters. The van der Waals surface area contributed by atoms with Gasteiger partial charge in [0.2, 0.25) is 17.8 Å². The van der Waals surface area contributed by atoms with Crippen LogP contribution in [0.3, 0.4) is 0 Å². The van der Waals surface area contributed by atoms with Gasteiger partial charge in [-0.1, -0.05) is 0 Å². The molecular weight excluding hydrogens is 362 g/mol. The van der Waals surface area contributed by atoms with Crippen LogP contribution in [0.4, 0.5) is 5.95 Å². The Kier molecular flexibility index (Phi) is 7.16. The van der Waals surface area contributed by atoms with Crippen molar-refractivity contribution in [3.63, 3.8) is 0 Å². The van der Waals surface area contributed by atoms with Crippen molar-refractivity contribution in [2.75, 3.05) is 65.1 Å². The quantitative estimate of drug-likeness (QED) is 0.625. The van der Waals surface area contributed by atoms with Gasteiger partial charge in [0.25, 0.3) is 0 Å². The summed E-state index contributed by atoms with van der Waals surface area (Å²) in [5, 5.41) is 2.90. The lowest BCUT2D eigenvalue weighted by atomic mass is 9.92. The maximum atomic E-state index is 12.8. The summed E-state index contributed by atoms with van der Waals surface area (Å²) in [6, 6.07) is 1.85. The topological polar surface area (TPSA) is 96.9 Å². The number of rotatable bonds is 8. The molecule has 9 nitrogen and oxygen atoms in total. The molecule has 0 saturated carbocycles. The van der Waals surface area contributed by atoms with Crippen molar-refractivity contribution in [3.05, 3.63) is 18.0 Å². The summed E-state index contributed by atoms with van der Waals surface area (Å²) in [5.74, 6) is -0.0356. The number of likely N-dealkylation sites (tertiary alicyclic amines) is 1. The minimum Gasteiger partial charge on any atom is -0.383 e. The molecule has 2 amide bonds. The molecular formula is C19H29N5O4. The third-order valence-electron chi connectivity index (χ3n) is 5.32. The average molecular weight is 391 g/mol. The Balaban J connectivity index is 1.79. The molecule has 2 fully saturated rings. The molecule has 1 aromatic rings. The molecule has 0 radical (unpaired) electrons. The highest BCUT2D eigenvalue weighted by Crippen LogP contribution is 2.33. The number of carbonyl (C=O) groups excluding carboxylic acids is 2. The molecule has 28 heavy (non-hydrogen) atoms. The zero-order valence-electron chi connectivity index (χ0n) is 16.6. The highest BCUT2D eigenvalue weighted by Gasteiger charge is 2.41. The fourth-order valence-electron chi connectivity index (χ4n) is 3.83. The number of anilines is 1. The van der Waals surface area contributed by atoms with Crippen molar-refractivity contribution in [1.29, 1.82) is 0 Å². The van der Waals surface area contributed by atoms with Crippen LogP contribution in [0, 0.1) is 5.92 Å². The molecule has 2 aliphatic rings. The van der Waals surface area contributed by atoms with Crippen LogP contribution < -0.4 is 10.2 Å². The van der Waals surface area contributed by atoms with Gasteiger partial charge >= 0.3 is 0 Å². The Morgan fingerprint density at radius 2 is 2.00 bits per heavy atom. The van der Waals surface area contributed by atoms with Crippen molar-refractivity contribution in [2.45, 2.75) is 18.8 Å². The number of nitrogens with zero attached hydrogens (tertiary/aromatic N) is 4. The monoisotopic (exact) mass is 391 g/mol. The molecule has 3 heterocycles. The fraction of sp³-hybridized carbons (Fsp3) is 0.684. The van der Waals surface area contributed by atoms with Crippen molar-refractivity contribution >= 4 is 17.8 Å². The van der Waals surface area contributed by atoms with E-state index >= 15 is 0 Å². The molecule has 2 atom stereocenters. The highest BCUT2D eigenvalue weighted by atomic mass is 16.5. The van der Waals surface area contributed by atoms with E-state index in [1.54, 1.807) is 18.2 Å². The van der Waals surface area contributed by atoms with E-state index in [4.69, 9.17) is 14.5 Å². The van der Waals surface area contributed by atoms with Gasteiger partial charge in [0.15, 0.2) is 0 Å². The Morgan fingerprint density at radius 1 is 1.21 bits per heavy atom. The average Bonchev–Trinajstić information content (AvgIpc) is 3.39. The molecule has 9 heteroatoms. The summed E-state index contributed by atoms with van der Waals surface area (Å²) in [6.07, 6.45) is 4.02. The van der Waals surface area contributed by atoms with E-state index in [1.807, 2.05) is 6.07 Å². The van der Waals surface area contributed by atoms with Gasteiger partial charge in [-0.3, -0.25) is 9.59 Å². The molecule has 154 valence electrons. The Hall–Kier alpha value is -2.26. The number of hydrogen-bond donors (Lipinski definition) is 1. The summed E-state index contributed by atoms with van der Waals surface area (Å²) in [5.41, 5.74) is 0.802. The van der Waals surface area contributed by atoms with Crippen LogP contribution in [-0.2, 0) is 19.1 Å². The van der Waals surface area contributed by atoms with E-state index < -0.39 is 0 Å². The van der Waals surface area contributed by atoms with E-state index in [0.29, 0.717) is 32.2 Å². The van der Waals surface area contributed by atoms with Crippen molar-refractivity contribution in [3.8, 4) is 0 Å². The molecule has 0 spiro atoms. The minimum atomic E-state index is -0.362. The van der Waals surface area contributed by atoms with Crippen LogP contribution >= 0.6 is 0 Å². The van der Waals surface area contributed by atoms with Crippen LogP contribution in [0.2, 0.25) is 0 Å². The summed E-state index contributed by atoms with van der Waals surface area (Å²) in [7, 11) is 3.09. The number of aromatic nitrogens is 2. The fourth-order valence-corrected chi connectivity index (χ4v) is 3.83. The van der Waals surface area contributed by atoms with Gasteiger partial charge in [-0.05, 0) is 18.9 Å². The van der Waals surface area contributed by atoms with E-state index in [0.717, 1.165) is 31.6 Å². The smallest absolute Gasteiger partial charge is 0.248 e. The first-order chi connectivity index (χ1) is 13.6. The van der Waals surface area contributed by atoms with Gasteiger partial charge in [0.05, 0.1) is 18.2 Å². The van der Waals surface area contributed by atoms with Gasteiger partial charge in [-0.2, -0.15) is 0 Å². The maximum Gasteiger partial charge on any atom is 0.248 e. The van der Waals surface area contributed by atoms with Gasteiger partial charge in [0.1, 0.15) is 6.61 Å². The SMILES string of the molecule is COCCNC(=O)[C@@H]1CN(C(=O)COC)C[C@@H]1c1ccnc(N2CCCC2)n1. The first kappa shape index (κ1) is 20.5. The molecule has 0 aliphatic carbocycles. The number of hydrogen-bond acceptors (Lipinski definition) is 7. The zero-order valence-corrected chi connectivity index (χ0v) is 16.6. The van der Waals surface area contributed by atoms with Crippen molar-refractivity contribution in [2.24, 2.45) is 5.92 Å². The number of methoxy groups -OCH3 is 2. The number of amides is 2. The van der Waals surface area contributed by atoms with Gasteiger partial charge in [0, 0.05) is 59.1 Å². The highest BCUT2D eigenvalue weighted by molar-refractivity contribution is 5.83. The van der Waals surface area contributed by atoms with Crippen molar-refractivity contribution < 1.29 is 19.1 Å². The summed E-state index contributed by atoms with van der Waals surface area (Å²) < 4.78 is 9.99. The lowest BCUT2D eigenvalue weighted by molar-refractivity contribution is -0.134. The van der Waals surface area contributed by atoms with Crippen LogP contribution in [0.25, 0.3) is 0 Å². The first-order valence-electron chi connectivity index (χ1n) is 9.75. The van der Waals surface area contributed by atoms with Crippen LogP contribution in [0.15, 0.2) is 12.3 Å². The molecule has 3 rings (SSSR count). The van der Waals surface area contributed by atoms with E-state index in [-0.39, 0.29) is 30.3 Å². The molecule has 2 saturated heterocycles. The maximum absolute atomic E-state index is 12.8. The van der Waals surface area contributed by atoms with Crippen LogP contribution in [-0.4, -0.2) is 86.8 Å². The zero-order chi connectivity index (χ0) is 19.9. The Bertz CT molecular complexity index is 680. The lowest BCUT2D eigenvalue weighted by Gasteiger charge is -2.20. The standard InChI is InChI=1S/C19H29N5O4/c1-27-10-7-20-18(26)15-12-24(17(25)13-28-2)11-14(15)16-5-6-21-19(22-16)23-8-3-4-9-23/h5-6,14-15H,3-4,7-13H2,1-2H3,(H,20,26)/t14-,15+/m0/s1. The van der Waals surface area contributed by atoms with Crippen LogP contribution in [0.1, 0.15) is 24.5 Å². The van der Waals surface area contributed by atoms with E-state index in [2.05, 4.69) is 15.2 Å². The normalized spacial score (nSPS) is 21.9. The third-order valence-corrected chi connectivity index (χ3v) is 5.32. The number of carbonyl (C=O) groups is 2. The Morgan fingerprint density at radius 3 is 2.71 bits per heavy atom. The third kappa shape index (κ3) is 4.77. The second-order valence-electron chi connectivity index (χ2n) is 7.20. The molecule has 2 aliphatic heterocycles. The van der Waals surface area contributed by atoms with Crippen LogP contribution in [0.5, 0.6) is 0 Å². The molecule has 0 aromatic carbocycles. The number of nitrogens with one attached hydrogen (secondary N) is 1. The second kappa shape index (κ2) is 9.79. The van der Waals surface area contributed by atoms with Gasteiger partial charge in [-0.15, -0.1) is 0 Å². The number of ether oxygens (including phenoxy) is 2. The first-order valence-corrected chi connectivity index (χ1v) is 9.75. The van der Waals surface area contributed by atoms with E-state index in [1.165, 1.54) is 7.11 Å². The predicted molar refractivity (Wildman–Crippen MR) is 103 cm³/mol. The second-order valence-corrected chi connectivity index (χ2v) is 7.20. The summed E-state index contributed by atoms with van der Waals surface area (Å²) >= 11 is 0. The molecule has 1 N–H and O–H groups in total. The summed E-state index contributed by atoms with van der Waals surface area (Å²) in [6.45, 7) is 3.60. The molecule has 1 aromatic heterocycles. The Labute approximate surface area is 165 Å². The minimum absolute atomic E-state index is 0.00748. The summed E-state index contributed by atoms with van der Waals surface area (Å²) in [4.78, 5) is 38.1. The van der Waals surface area contributed by atoms with Gasteiger partial charge < -0.3 is 24.6 Å². The molecule has 0 bridgehead atoms. The van der Waals surface area contributed by atoms with Gasteiger partial charge in [-0.25, -0.2) is 9.97 Å². The largest absolute Gasteiger partial charge is 0.383 e.